The molecule has 1 saturated carbocycles. The van der Waals surface area contributed by atoms with Crippen LogP contribution >= 0.6 is 0 Å². The summed E-state index contributed by atoms with van der Waals surface area (Å²) in [6.07, 6.45) is 3.29. The first-order chi connectivity index (χ1) is 10.6. The van der Waals surface area contributed by atoms with Crippen LogP contribution in [0.2, 0.25) is 0 Å². The second-order valence-corrected chi connectivity index (χ2v) is 6.09. The number of guanidine groups is 1. The summed E-state index contributed by atoms with van der Waals surface area (Å²) in [6, 6.07) is 7.45. The SMILES string of the molecule is CN=C(NCCc1ccccc1F)NCC(C1CC1)N(C)C. The van der Waals surface area contributed by atoms with E-state index in [-0.39, 0.29) is 5.82 Å². The summed E-state index contributed by atoms with van der Waals surface area (Å²) < 4.78 is 13.6. The molecule has 1 atom stereocenters. The number of rotatable bonds is 7. The zero-order valence-corrected chi connectivity index (χ0v) is 13.8. The lowest BCUT2D eigenvalue weighted by atomic mass is 10.1. The number of nitrogens with one attached hydrogen (secondary N) is 2. The molecule has 2 N–H and O–H groups in total. The molecular formula is C17H27FN4. The average molecular weight is 306 g/mol. The highest BCUT2D eigenvalue weighted by atomic mass is 19.1. The molecule has 0 aromatic heterocycles. The van der Waals surface area contributed by atoms with Gasteiger partial charge in [0.1, 0.15) is 5.82 Å². The summed E-state index contributed by atoms with van der Waals surface area (Å²) in [5.41, 5.74) is 0.731. The van der Waals surface area contributed by atoms with Crippen LogP contribution < -0.4 is 10.6 Å². The predicted octanol–water partition coefficient (Wildman–Crippen LogP) is 1.87. The van der Waals surface area contributed by atoms with Gasteiger partial charge in [-0.3, -0.25) is 4.99 Å². The van der Waals surface area contributed by atoms with E-state index in [1.54, 1.807) is 13.1 Å². The van der Waals surface area contributed by atoms with Crippen molar-refractivity contribution >= 4 is 5.96 Å². The molecule has 0 saturated heterocycles. The van der Waals surface area contributed by atoms with E-state index in [2.05, 4.69) is 34.6 Å². The minimum atomic E-state index is -0.145. The van der Waals surface area contributed by atoms with Crippen molar-refractivity contribution < 1.29 is 4.39 Å². The molecule has 0 bridgehead atoms. The zero-order chi connectivity index (χ0) is 15.9. The molecule has 5 heteroatoms. The standard InChI is InChI=1S/C17H27FN4/c1-19-17(21-12-16(22(2)3)14-8-9-14)20-11-10-13-6-4-5-7-15(13)18/h4-7,14,16H,8-12H2,1-3H3,(H2,19,20,21). The molecule has 1 unspecified atom stereocenters. The molecule has 1 aromatic rings. The summed E-state index contributed by atoms with van der Waals surface area (Å²) in [5.74, 6) is 1.44. The van der Waals surface area contributed by atoms with E-state index in [0.717, 1.165) is 24.0 Å². The van der Waals surface area contributed by atoms with Gasteiger partial charge in [-0.25, -0.2) is 4.39 Å². The second kappa shape index (κ2) is 8.13. The van der Waals surface area contributed by atoms with Crippen LogP contribution in [0.15, 0.2) is 29.3 Å². The Morgan fingerprint density at radius 3 is 2.64 bits per heavy atom. The number of halogens is 1. The largest absolute Gasteiger partial charge is 0.356 e. The van der Waals surface area contributed by atoms with Gasteiger partial charge in [-0.1, -0.05) is 18.2 Å². The van der Waals surface area contributed by atoms with E-state index in [4.69, 9.17) is 0 Å². The van der Waals surface area contributed by atoms with Crippen molar-refractivity contribution in [3.8, 4) is 0 Å². The molecule has 22 heavy (non-hydrogen) atoms. The van der Waals surface area contributed by atoms with Crippen LogP contribution in [0.1, 0.15) is 18.4 Å². The van der Waals surface area contributed by atoms with Crippen molar-refractivity contribution in [1.82, 2.24) is 15.5 Å². The Balaban J connectivity index is 1.74. The molecule has 0 spiro atoms. The van der Waals surface area contributed by atoms with Gasteiger partial charge in [-0.05, 0) is 50.9 Å². The number of benzene rings is 1. The number of hydrogen-bond acceptors (Lipinski definition) is 2. The molecule has 1 aromatic carbocycles. The minimum absolute atomic E-state index is 0.145. The third kappa shape index (κ3) is 4.98. The highest BCUT2D eigenvalue weighted by molar-refractivity contribution is 5.79. The molecule has 1 fully saturated rings. The molecule has 1 aliphatic carbocycles. The Bertz CT molecular complexity index is 495. The van der Waals surface area contributed by atoms with E-state index in [0.29, 0.717) is 19.0 Å². The fraction of sp³-hybridized carbons (Fsp3) is 0.588. The first kappa shape index (κ1) is 16.7. The Hall–Kier alpha value is -1.62. The maximum absolute atomic E-state index is 13.6. The van der Waals surface area contributed by atoms with E-state index < -0.39 is 0 Å². The van der Waals surface area contributed by atoms with Gasteiger partial charge in [0.2, 0.25) is 0 Å². The van der Waals surface area contributed by atoms with E-state index >= 15 is 0 Å². The van der Waals surface area contributed by atoms with Crippen LogP contribution in [0.3, 0.4) is 0 Å². The first-order valence-corrected chi connectivity index (χ1v) is 7.96. The zero-order valence-electron chi connectivity index (χ0n) is 13.8. The normalized spacial score (nSPS) is 16.7. The Morgan fingerprint density at radius 1 is 1.32 bits per heavy atom. The quantitative estimate of drug-likeness (QED) is 0.597. The smallest absolute Gasteiger partial charge is 0.191 e. The van der Waals surface area contributed by atoms with Gasteiger partial charge >= 0.3 is 0 Å². The third-order valence-electron chi connectivity index (χ3n) is 4.18. The number of hydrogen-bond donors (Lipinski definition) is 2. The van der Waals surface area contributed by atoms with Gasteiger partial charge in [-0.2, -0.15) is 0 Å². The molecule has 0 radical (unpaired) electrons. The molecule has 0 aliphatic heterocycles. The van der Waals surface area contributed by atoms with Crippen LogP contribution in [0.5, 0.6) is 0 Å². The Kier molecular flexibility index (Phi) is 6.19. The lowest BCUT2D eigenvalue weighted by Crippen LogP contribution is -2.46. The third-order valence-corrected chi connectivity index (χ3v) is 4.18. The molecule has 0 amide bonds. The van der Waals surface area contributed by atoms with Crippen molar-refractivity contribution in [1.29, 1.82) is 0 Å². The van der Waals surface area contributed by atoms with Crippen LogP contribution in [-0.4, -0.2) is 51.1 Å². The van der Waals surface area contributed by atoms with Crippen LogP contribution in [0.4, 0.5) is 4.39 Å². The molecular weight excluding hydrogens is 279 g/mol. The van der Waals surface area contributed by atoms with E-state index in [1.807, 2.05) is 12.1 Å². The highest BCUT2D eigenvalue weighted by Crippen LogP contribution is 2.34. The van der Waals surface area contributed by atoms with Gasteiger partial charge < -0.3 is 15.5 Å². The molecule has 122 valence electrons. The van der Waals surface area contributed by atoms with Gasteiger partial charge in [0, 0.05) is 26.2 Å². The van der Waals surface area contributed by atoms with E-state index in [1.165, 1.54) is 18.9 Å². The van der Waals surface area contributed by atoms with Gasteiger partial charge in [0.05, 0.1) is 0 Å². The number of aliphatic imine (C=N–C) groups is 1. The van der Waals surface area contributed by atoms with Crippen LogP contribution in [0, 0.1) is 11.7 Å². The van der Waals surface area contributed by atoms with E-state index in [9.17, 15) is 4.39 Å². The predicted molar refractivity (Wildman–Crippen MR) is 89.7 cm³/mol. The molecule has 2 rings (SSSR count). The van der Waals surface area contributed by atoms with Crippen LogP contribution in [0.25, 0.3) is 0 Å². The van der Waals surface area contributed by atoms with Crippen molar-refractivity contribution in [2.24, 2.45) is 10.9 Å². The fourth-order valence-electron chi connectivity index (χ4n) is 2.69. The molecule has 0 heterocycles. The summed E-state index contributed by atoms with van der Waals surface area (Å²) in [4.78, 5) is 6.51. The fourth-order valence-corrected chi connectivity index (χ4v) is 2.69. The summed E-state index contributed by atoms with van der Waals surface area (Å²) in [5, 5.41) is 6.63. The Morgan fingerprint density at radius 2 is 2.05 bits per heavy atom. The molecule has 4 nitrogen and oxygen atoms in total. The summed E-state index contributed by atoms with van der Waals surface area (Å²) in [7, 11) is 6.01. The maximum Gasteiger partial charge on any atom is 0.191 e. The second-order valence-electron chi connectivity index (χ2n) is 6.09. The van der Waals surface area contributed by atoms with Crippen molar-refractivity contribution in [3.63, 3.8) is 0 Å². The topological polar surface area (TPSA) is 39.7 Å². The van der Waals surface area contributed by atoms with Crippen LogP contribution in [-0.2, 0) is 6.42 Å². The van der Waals surface area contributed by atoms with Gasteiger partial charge in [-0.15, -0.1) is 0 Å². The van der Waals surface area contributed by atoms with Crippen molar-refractivity contribution in [2.45, 2.75) is 25.3 Å². The van der Waals surface area contributed by atoms with Gasteiger partial charge in [0.25, 0.3) is 0 Å². The van der Waals surface area contributed by atoms with Gasteiger partial charge in [0.15, 0.2) is 5.96 Å². The number of likely N-dealkylation sites (N-methyl/N-ethyl adjacent to an activating group) is 1. The maximum atomic E-state index is 13.6. The minimum Gasteiger partial charge on any atom is -0.356 e. The lowest BCUT2D eigenvalue weighted by Gasteiger charge is -2.25. The highest BCUT2D eigenvalue weighted by Gasteiger charge is 2.32. The first-order valence-electron chi connectivity index (χ1n) is 7.96. The monoisotopic (exact) mass is 306 g/mol. The molecule has 1 aliphatic rings. The average Bonchev–Trinajstić information content (AvgIpc) is 3.32. The van der Waals surface area contributed by atoms with Crippen molar-refractivity contribution in [2.75, 3.05) is 34.2 Å². The number of nitrogens with zero attached hydrogens (tertiary/aromatic N) is 2. The summed E-state index contributed by atoms with van der Waals surface area (Å²) >= 11 is 0. The lowest BCUT2D eigenvalue weighted by molar-refractivity contribution is 0.264. The summed E-state index contributed by atoms with van der Waals surface area (Å²) in [6.45, 7) is 1.55. The van der Waals surface area contributed by atoms with Crippen molar-refractivity contribution in [3.05, 3.63) is 35.6 Å². The Labute approximate surface area is 132 Å².